The zero-order valence-corrected chi connectivity index (χ0v) is 9.48. The van der Waals surface area contributed by atoms with E-state index in [2.05, 4.69) is 27.7 Å². The summed E-state index contributed by atoms with van der Waals surface area (Å²) in [6, 6.07) is 0. The van der Waals surface area contributed by atoms with Gasteiger partial charge in [0.2, 0.25) is 0 Å². The van der Waals surface area contributed by atoms with Crippen molar-refractivity contribution in [3.8, 4) is 0 Å². The fourth-order valence-electron chi connectivity index (χ4n) is 3.87. The van der Waals surface area contributed by atoms with Crippen molar-refractivity contribution in [3.63, 3.8) is 0 Å². The van der Waals surface area contributed by atoms with Crippen LogP contribution in [0, 0.1) is 16.7 Å². The molecule has 0 saturated heterocycles. The van der Waals surface area contributed by atoms with Crippen LogP contribution in [0.3, 0.4) is 0 Å². The number of hydrogen-bond donors (Lipinski definition) is 1. The minimum absolute atomic E-state index is 0.103. The average molecular weight is 181 g/mol. The van der Waals surface area contributed by atoms with Gasteiger partial charge in [-0.15, -0.1) is 0 Å². The maximum absolute atomic E-state index is 6.30. The number of fused-ring (bicyclic) bond motifs is 2. The van der Waals surface area contributed by atoms with Crippen LogP contribution in [0.15, 0.2) is 0 Å². The fourth-order valence-corrected chi connectivity index (χ4v) is 3.87. The van der Waals surface area contributed by atoms with Gasteiger partial charge < -0.3 is 5.73 Å². The molecule has 2 aliphatic carbocycles. The summed E-state index contributed by atoms with van der Waals surface area (Å²) in [7, 11) is 0. The van der Waals surface area contributed by atoms with E-state index in [-0.39, 0.29) is 5.54 Å². The van der Waals surface area contributed by atoms with Gasteiger partial charge in [-0.1, -0.05) is 20.8 Å². The van der Waals surface area contributed by atoms with E-state index in [4.69, 9.17) is 5.73 Å². The van der Waals surface area contributed by atoms with Crippen molar-refractivity contribution in [3.05, 3.63) is 0 Å². The zero-order valence-electron chi connectivity index (χ0n) is 9.48. The Hall–Kier alpha value is -0.0400. The lowest BCUT2D eigenvalue weighted by Gasteiger charge is -2.52. The molecule has 2 fully saturated rings. The molecule has 2 bridgehead atoms. The molecule has 0 aromatic rings. The molecule has 1 heteroatoms. The second-order valence-electron chi connectivity index (χ2n) is 6.55. The minimum Gasteiger partial charge on any atom is -0.325 e. The molecule has 3 atom stereocenters. The molecule has 1 nitrogen and oxygen atoms in total. The van der Waals surface area contributed by atoms with E-state index in [1.807, 2.05) is 0 Å². The van der Waals surface area contributed by atoms with Gasteiger partial charge in [-0.25, -0.2) is 0 Å². The molecular formula is C12H23N. The average Bonchev–Trinajstić information content (AvgIpc) is 2.14. The van der Waals surface area contributed by atoms with Gasteiger partial charge in [-0.05, 0) is 49.4 Å². The number of rotatable bonds is 0. The lowest BCUT2D eigenvalue weighted by atomic mass is 9.55. The van der Waals surface area contributed by atoms with Gasteiger partial charge in [-0.2, -0.15) is 0 Å². The largest absolute Gasteiger partial charge is 0.325 e. The van der Waals surface area contributed by atoms with Crippen LogP contribution in [-0.4, -0.2) is 5.54 Å². The van der Waals surface area contributed by atoms with E-state index in [1.54, 1.807) is 0 Å². The summed E-state index contributed by atoms with van der Waals surface area (Å²) in [5.74, 6) is 0.862. The van der Waals surface area contributed by atoms with E-state index in [9.17, 15) is 0 Å². The minimum atomic E-state index is 0.103. The molecule has 76 valence electrons. The number of nitrogens with two attached hydrogens (primary N) is 1. The molecule has 2 aliphatic rings. The van der Waals surface area contributed by atoms with Crippen molar-refractivity contribution in [2.24, 2.45) is 22.5 Å². The third-order valence-electron chi connectivity index (χ3n) is 5.13. The first-order valence-corrected chi connectivity index (χ1v) is 5.56. The van der Waals surface area contributed by atoms with Gasteiger partial charge in [0.1, 0.15) is 0 Å². The van der Waals surface area contributed by atoms with Crippen molar-refractivity contribution in [2.45, 2.75) is 58.9 Å². The maximum atomic E-state index is 6.30. The highest BCUT2D eigenvalue weighted by atomic mass is 14.8. The third-order valence-corrected chi connectivity index (χ3v) is 5.13. The number of hydrogen-bond acceptors (Lipinski definition) is 1. The molecule has 2 rings (SSSR count). The van der Waals surface area contributed by atoms with Crippen LogP contribution < -0.4 is 5.73 Å². The van der Waals surface area contributed by atoms with Crippen molar-refractivity contribution < 1.29 is 0 Å². The second kappa shape index (κ2) is 2.31. The summed E-state index contributed by atoms with van der Waals surface area (Å²) < 4.78 is 0. The topological polar surface area (TPSA) is 26.0 Å². The second-order valence-corrected chi connectivity index (χ2v) is 6.55. The van der Waals surface area contributed by atoms with E-state index in [0.29, 0.717) is 10.8 Å². The third kappa shape index (κ3) is 1.16. The van der Waals surface area contributed by atoms with Crippen molar-refractivity contribution in [2.75, 3.05) is 0 Å². The van der Waals surface area contributed by atoms with E-state index < -0.39 is 0 Å². The first kappa shape index (κ1) is 9.51. The zero-order chi connectivity index (χ0) is 9.91. The molecule has 2 N–H and O–H groups in total. The Bertz CT molecular complexity index is 229. The van der Waals surface area contributed by atoms with Crippen LogP contribution in [0.25, 0.3) is 0 Å². The van der Waals surface area contributed by atoms with Gasteiger partial charge >= 0.3 is 0 Å². The highest BCUT2D eigenvalue weighted by Gasteiger charge is 2.57. The highest BCUT2D eigenvalue weighted by Crippen LogP contribution is 2.64. The van der Waals surface area contributed by atoms with E-state index in [1.165, 1.54) is 25.7 Å². The van der Waals surface area contributed by atoms with Crippen LogP contribution in [-0.2, 0) is 0 Å². The summed E-state index contributed by atoms with van der Waals surface area (Å²) >= 11 is 0. The Morgan fingerprint density at radius 3 is 2.31 bits per heavy atom. The van der Waals surface area contributed by atoms with Crippen LogP contribution in [0.4, 0.5) is 0 Å². The Morgan fingerprint density at radius 2 is 1.77 bits per heavy atom. The molecule has 0 amide bonds. The normalized spacial score (nSPS) is 53.8. The Morgan fingerprint density at radius 1 is 1.15 bits per heavy atom. The maximum Gasteiger partial charge on any atom is 0.0134 e. The summed E-state index contributed by atoms with van der Waals surface area (Å²) in [4.78, 5) is 0. The molecular weight excluding hydrogens is 158 g/mol. The van der Waals surface area contributed by atoms with E-state index >= 15 is 0 Å². The van der Waals surface area contributed by atoms with Crippen molar-refractivity contribution >= 4 is 0 Å². The SMILES string of the molecule is CC1(N)CC2CCC(C)(C1)C2(C)C. The van der Waals surface area contributed by atoms with Gasteiger partial charge in [0, 0.05) is 5.54 Å². The molecule has 13 heavy (non-hydrogen) atoms. The first-order chi connectivity index (χ1) is 5.77. The predicted molar refractivity (Wildman–Crippen MR) is 56.4 cm³/mol. The van der Waals surface area contributed by atoms with Crippen LogP contribution in [0.2, 0.25) is 0 Å². The molecule has 0 heterocycles. The summed E-state index contributed by atoms with van der Waals surface area (Å²) in [5, 5.41) is 0. The summed E-state index contributed by atoms with van der Waals surface area (Å²) in [6.45, 7) is 9.57. The van der Waals surface area contributed by atoms with Gasteiger partial charge in [0.05, 0.1) is 0 Å². The molecule has 0 spiro atoms. The molecule has 0 radical (unpaired) electrons. The van der Waals surface area contributed by atoms with Gasteiger partial charge in [-0.3, -0.25) is 0 Å². The quantitative estimate of drug-likeness (QED) is 0.611. The van der Waals surface area contributed by atoms with Gasteiger partial charge in [0.15, 0.2) is 0 Å². The molecule has 3 unspecified atom stereocenters. The highest BCUT2D eigenvalue weighted by molar-refractivity contribution is 5.09. The monoisotopic (exact) mass is 181 g/mol. The molecule has 0 aromatic heterocycles. The fraction of sp³-hybridized carbons (Fsp3) is 1.00. The lowest BCUT2D eigenvalue weighted by Crippen LogP contribution is -2.52. The van der Waals surface area contributed by atoms with Crippen LogP contribution in [0.1, 0.15) is 53.4 Å². The Balaban J connectivity index is 2.35. The van der Waals surface area contributed by atoms with Crippen LogP contribution in [0.5, 0.6) is 0 Å². The lowest BCUT2D eigenvalue weighted by molar-refractivity contribution is 0.000647. The van der Waals surface area contributed by atoms with Gasteiger partial charge in [0.25, 0.3) is 0 Å². The van der Waals surface area contributed by atoms with Crippen molar-refractivity contribution in [1.29, 1.82) is 0 Å². The van der Waals surface area contributed by atoms with E-state index in [0.717, 1.165) is 5.92 Å². The standard InChI is InChI=1S/C12H23N/c1-10(2)9-5-6-11(10,3)8-12(4,13)7-9/h9H,5-8,13H2,1-4H3. The predicted octanol–water partition coefficient (Wildman–Crippen LogP) is 2.94. The Kier molecular flexibility index (Phi) is 1.69. The summed E-state index contributed by atoms with van der Waals surface area (Å²) in [6.07, 6.45) is 5.23. The first-order valence-electron chi connectivity index (χ1n) is 5.56. The van der Waals surface area contributed by atoms with Crippen LogP contribution >= 0.6 is 0 Å². The molecule has 0 aliphatic heterocycles. The molecule has 2 saturated carbocycles. The smallest absolute Gasteiger partial charge is 0.0134 e. The summed E-state index contributed by atoms with van der Waals surface area (Å²) in [5.41, 5.74) is 7.43. The molecule has 0 aromatic carbocycles. The van der Waals surface area contributed by atoms with Crippen molar-refractivity contribution in [1.82, 2.24) is 0 Å². The Labute approximate surface area is 82.1 Å².